The summed E-state index contributed by atoms with van der Waals surface area (Å²) in [4.78, 5) is 0. The first-order valence-electron chi connectivity index (χ1n) is 4.73. The topological polar surface area (TPSA) is 29.5 Å². The molecule has 84 valence electrons. The molecule has 0 aliphatic carbocycles. The van der Waals surface area contributed by atoms with Crippen LogP contribution in [0.25, 0.3) is 10.8 Å². The number of benzene rings is 2. The zero-order valence-electron chi connectivity index (χ0n) is 8.63. The van der Waals surface area contributed by atoms with Gasteiger partial charge in [-0.3, -0.25) is 0 Å². The van der Waals surface area contributed by atoms with E-state index in [4.69, 9.17) is 5.11 Å². The molecule has 1 N–H and O–H groups in total. The standard InChI is InChI=1S/C12H10F2O2/c1-16-12-10(13)5-8-4-7(6-15)2-3-9(8)11(12)14/h2-5,15H,6H2,1H3. The Kier molecular flexibility index (Phi) is 2.75. The Morgan fingerprint density at radius 2 is 2.00 bits per heavy atom. The summed E-state index contributed by atoms with van der Waals surface area (Å²) in [6, 6.07) is 5.82. The van der Waals surface area contributed by atoms with Gasteiger partial charge in [0.05, 0.1) is 13.7 Å². The van der Waals surface area contributed by atoms with Gasteiger partial charge in [-0.25, -0.2) is 8.78 Å². The van der Waals surface area contributed by atoms with E-state index in [2.05, 4.69) is 4.74 Å². The minimum atomic E-state index is -0.748. The third kappa shape index (κ3) is 1.61. The molecule has 0 unspecified atom stereocenters. The van der Waals surface area contributed by atoms with Crippen LogP contribution in [-0.2, 0) is 6.61 Å². The van der Waals surface area contributed by atoms with Gasteiger partial charge < -0.3 is 9.84 Å². The fourth-order valence-corrected chi connectivity index (χ4v) is 1.65. The molecule has 0 saturated carbocycles. The molecule has 0 amide bonds. The highest BCUT2D eigenvalue weighted by molar-refractivity contribution is 5.85. The van der Waals surface area contributed by atoms with Crippen LogP contribution in [0.1, 0.15) is 5.56 Å². The van der Waals surface area contributed by atoms with Gasteiger partial charge in [-0.05, 0) is 23.1 Å². The molecule has 0 heterocycles. The van der Waals surface area contributed by atoms with Crippen molar-refractivity contribution < 1.29 is 18.6 Å². The molecule has 4 heteroatoms. The summed E-state index contributed by atoms with van der Waals surface area (Å²) in [6.45, 7) is -0.162. The lowest BCUT2D eigenvalue weighted by Gasteiger charge is -2.07. The molecular formula is C12H10F2O2. The second-order valence-electron chi connectivity index (χ2n) is 3.42. The van der Waals surface area contributed by atoms with Crippen molar-refractivity contribution >= 4 is 10.8 Å². The average Bonchev–Trinajstić information content (AvgIpc) is 2.28. The lowest BCUT2D eigenvalue weighted by atomic mass is 10.1. The molecule has 2 nitrogen and oxygen atoms in total. The van der Waals surface area contributed by atoms with E-state index in [9.17, 15) is 8.78 Å². The molecule has 0 aliphatic heterocycles. The van der Waals surface area contributed by atoms with Gasteiger partial charge in [-0.1, -0.05) is 12.1 Å². The number of hydrogen-bond donors (Lipinski definition) is 1. The van der Waals surface area contributed by atoms with E-state index >= 15 is 0 Å². The van der Waals surface area contributed by atoms with Crippen molar-refractivity contribution in [1.82, 2.24) is 0 Å². The van der Waals surface area contributed by atoms with E-state index in [1.165, 1.54) is 19.2 Å². The Hall–Kier alpha value is -1.68. The van der Waals surface area contributed by atoms with Gasteiger partial charge in [0.2, 0.25) is 0 Å². The van der Waals surface area contributed by atoms with E-state index in [1.807, 2.05) is 0 Å². The number of ether oxygens (including phenoxy) is 1. The quantitative estimate of drug-likeness (QED) is 0.849. The van der Waals surface area contributed by atoms with Crippen LogP contribution >= 0.6 is 0 Å². The number of halogens is 2. The molecule has 0 fully saturated rings. The lowest BCUT2D eigenvalue weighted by molar-refractivity contribution is 0.282. The van der Waals surface area contributed by atoms with Crippen LogP contribution in [0.15, 0.2) is 24.3 Å². The number of rotatable bonds is 2. The molecule has 2 rings (SSSR count). The summed E-state index contributed by atoms with van der Waals surface area (Å²) < 4.78 is 31.8. The van der Waals surface area contributed by atoms with Crippen LogP contribution in [0.5, 0.6) is 5.75 Å². The van der Waals surface area contributed by atoms with E-state index in [0.29, 0.717) is 10.9 Å². The lowest BCUT2D eigenvalue weighted by Crippen LogP contribution is -1.94. The van der Waals surface area contributed by atoms with Gasteiger partial charge in [0.25, 0.3) is 0 Å². The summed E-state index contributed by atoms with van der Waals surface area (Å²) in [5.74, 6) is -1.85. The summed E-state index contributed by atoms with van der Waals surface area (Å²) in [5, 5.41) is 9.60. The molecule has 0 bridgehead atoms. The van der Waals surface area contributed by atoms with E-state index in [0.717, 1.165) is 0 Å². The van der Waals surface area contributed by atoms with Crippen molar-refractivity contribution in [3.05, 3.63) is 41.5 Å². The van der Waals surface area contributed by atoms with Crippen LogP contribution < -0.4 is 4.74 Å². The number of aliphatic hydroxyl groups excluding tert-OH is 1. The number of fused-ring (bicyclic) bond motifs is 1. The molecule has 0 spiro atoms. The second kappa shape index (κ2) is 4.06. The Morgan fingerprint density at radius 1 is 1.25 bits per heavy atom. The van der Waals surface area contributed by atoms with Crippen molar-refractivity contribution in [2.24, 2.45) is 0 Å². The fraction of sp³-hybridized carbons (Fsp3) is 0.167. The highest BCUT2D eigenvalue weighted by atomic mass is 19.1. The van der Waals surface area contributed by atoms with Gasteiger partial charge in [0.15, 0.2) is 17.4 Å². The Bertz CT molecular complexity index is 538. The first-order valence-corrected chi connectivity index (χ1v) is 4.73. The SMILES string of the molecule is COc1c(F)cc2cc(CO)ccc2c1F. The van der Waals surface area contributed by atoms with Gasteiger partial charge in [0.1, 0.15) is 0 Å². The highest BCUT2D eigenvalue weighted by Gasteiger charge is 2.14. The molecule has 0 saturated heterocycles. The summed E-state index contributed by atoms with van der Waals surface area (Å²) >= 11 is 0. The normalized spacial score (nSPS) is 10.8. The van der Waals surface area contributed by atoms with Crippen molar-refractivity contribution in [2.45, 2.75) is 6.61 Å². The van der Waals surface area contributed by atoms with Crippen LogP contribution in [0.4, 0.5) is 8.78 Å². The van der Waals surface area contributed by atoms with Crippen molar-refractivity contribution in [1.29, 1.82) is 0 Å². The number of methoxy groups -OCH3 is 1. The molecule has 0 atom stereocenters. The van der Waals surface area contributed by atoms with Gasteiger partial charge >= 0.3 is 0 Å². The smallest absolute Gasteiger partial charge is 0.191 e. The highest BCUT2D eigenvalue weighted by Crippen LogP contribution is 2.29. The first-order chi connectivity index (χ1) is 7.67. The van der Waals surface area contributed by atoms with Gasteiger partial charge in [-0.15, -0.1) is 0 Å². The Balaban J connectivity index is 2.76. The maximum atomic E-state index is 13.7. The van der Waals surface area contributed by atoms with Crippen molar-refractivity contribution in [2.75, 3.05) is 7.11 Å². The molecular weight excluding hydrogens is 214 g/mol. The molecule has 0 aromatic heterocycles. The van der Waals surface area contributed by atoms with Gasteiger partial charge in [0, 0.05) is 5.39 Å². The zero-order valence-corrected chi connectivity index (χ0v) is 8.63. The second-order valence-corrected chi connectivity index (χ2v) is 3.42. The minimum absolute atomic E-state index is 0.162. The summed E-state index contributed by atoms with van der Waals surface area (Å²) in [7, 11) is 1.22. The predicted octanol–water partition coefficient (Wildman–Crippen LogP) is 2.62. The maximum Gasteiger partial charge on any atom is 0.191 e. The van der Waals surface area contributed by atoms with Crippen LogP contribution in [0.3, 0.4) is 0 Å². The van der Waals surface area contributed by atoms with Gasteiger partial charge in [-0.2, -0.15) is 0 Å². The third-order valence-electron chi connectivity index (χ3n) is 2.44. The number of hydrogen-bond acceptors (Lipinski definition) is 2. The van der Waals surface area contributed by atoms with Crippen molar-refractivity contribution in [3.8, 4) is 5.75 Å². The van der Waals surface area contributed by atoms with Crippen LogP contribution in [0, 0.1) is 11.6 Å². The minimum Gasteiger partial charge on any atom is -0.491 e. The Morgan fingerprint density at radius 3 is 2.62 bits per heavy atom. The predicted molar refractivity (Wildman–Crippen MR) is 56.3 cm³/mol. The van der Waals surface area contributed by atoms with E-state index in [1.54, 1.807) is 12.1 Å². The molecule has 0 aliphatic rings. The summed E-state index contributed by atoms with van der Waals surface area (Å²) in [6.07, 6.45) is 0. The molecule has 2 aromatic carbocycles. The first kappa shape index (κ1) is 10.8. The Labute approximate surface area is 91.1 Å². The zero-order chi connectivity index (χ0) is 11.7. The van der Waals surface area contributed by atoms with Crippen LogP contribution in [-0.4, -0.2) is 12.2 Å². The monoisotopic (exact) mass is 224 g/mol. The summed E-state index contributed by atoms with van der Waals surface area (Å²) in [5.41, 5.74) is 0.608. The molecule has 0 radical (unpaired) electrons. The largest absolute Gasteiger partial charge is 0.491 e. The van der Waals surface area contributed by atoms with E-state index < -0.39 is 11.6 Å². The number of aliphatic hydroxyl groups is 1. The third-order valence-corrected chi connectivity index (χ3v) is 2.44. The van der Waals surface area contributed by atoms with Crippen LogP contribution in [0.2, 0.25) is 0 Å². The molecule has 2 aromatic rings. The van der Waals surface area contributed by atoms with E-state index in [-0.39, 0.29) is 17.7 Å². The fourth-order valence-electron chi connectivity index (χ4n) is 1.65. The average molecular weight is 224 g/mol. The molecule has 16 heavy (non-hydrogen) atoms. The maximum absolute atomic E-state index is 13.7. The van der Waals surface area contributed by atoms with Crippen molar-refractivity contribution in [3.63, 3.8) is 0 Å².